The lowest BCUT2D eigenvalue weighted by atomic mass is 10.1. The topological polar surface area (TPSA) is 111 Å². The number of carbonyl (C=O) groups excluding carboxylic acids is 2. The van der Waals surface area contributed by atoms with Gasteiger partial charge in [0.25, 0.3) is 7.82 Å². The number of carbonyl (C=O) groups is 2. The van der Waals surface area contributed by atoms with Crippen molar-refractivity contribution in [3.05, 3.63) is 60.8 Å². The fourth-order valence-corrected chi connectivity index (χ4v) is 5.64. The summed E-state index contributed by atoms with van der Waals surface area (Å²) in [4.78, 5) is 37.1. The van der Waals surface area contributed by atoms with Gasteiger partial charge >= 0.3 is 11.9 Å². The largest absolute Gasteiger partial charge is 0.756 e. The van der Waals surface area contributed by atoms with E-state index in [4.69, 9.17) is 18.5 Å². The van der Waals surface area contributed by atoms with Crippen molar-refractivity contribution in [3.8, 4) is 0 Å². The van der Waals surface area contributed by atoms with Gasteiger partial charge in [0, 0.05) is 12.8 Å². The molecule has 0 aromatic heterocycles. The van der Waals surface area contributed by atoms with Gasteiger partial charge in [0.15, 0.2) is 6.10 Å². The number of rotatable bonds is 35. The Labute approximate surface area is 317 Å². The third kappa shape index (κ3) is 37.5. The average molecular weight is 752 g/mol. The third-order valence-electron chi connectivity index (χ3n) is 8.05. The van der Waals surface area contributed by atoms with Crippen LogP contribution in [-0.4, -0.2) is 70.0 Å². The highest BCUT2D eigenvalue weighted by atomic mass is 31.2. The number of hydrogen-bond acceptors (Lipinski definition) is 8. The molecule has 300 valence electrons. The Morgan fingerprint density at radius 1 is 0.615 bits per heavy atom. The van der Waals surface area contributed by atoms with Crippen molar-refractivity contribution in [1.82, 2.24) is 0 Å². The van der Waals surface area contributed by atoms with E-state index in [1.807, 2.05) is 21.1 Å². The van der Waals surface area contributed by atoms with E-state index in [2.05, 4.69) is 74.6 Å². The van der Waals surface area contributed by atoms with Crippen molar-refractivity contribution in [2.24, 2.45) is 0 Å². The minimum atomic E-state index is -4.62. The van der Waals surface area contributed by atoms with E-state index in [0.29, 0.717) is 17.4 Å². The lowest BCUT2D eigenvalue weighted by Gasteiger charge is -2.28. The van der Waals surface area contributed by atoms with Crippen molar-refractivity contribution in [2.45, 2.75) is 148 Å². The molecule has 0 aliphatic rings. The number of quaternary nitrogens is 1. The van der Waals surface area contributed by atoms with Gasteiger partial charge in [0.05, 0.1) is 27.7 Å². The molecule has 0 N–H and O–H groups in total. The molecule has 0 rings (SSSR count). The molecule has 10 heteroatoms. The number of phosphoric acid groups is 1. The van der Waals surface area contributed by atoms with Crippen LogP contribution in [0.3, 0.4) is 0 Å². The highest BCUT2D eigenvalue weighted by molar-refractivity contribution is 7.45. The van der Waals surface area contributed by atoms with Gasteiger partial charge in [0.1, 0.15) is 19.8 Å². The Kier molecular flexibility index (Phi) is 33.0. The monoisotopic (exact) mass is 752 g/mol. The Balaban J connectivity index is 4.23. The molecular weight excluding hydrogens is 677 g/mol. The maximum Gasteiger partial charge on any atom is 0.306 e. The second-order valence-corrected chi connectivity index (χ2v) is 15.7. The van der Waals surface area contributed by atoms with Crippen molar-refractivity contribution in [3.63, 3.8) is 0 Å². The van der Waals surface area contributed by atoms with E-state index >= 15 is 0 Å². The van der Waals surface area contributed by atoms with Crippen LogP contribution in [0, 0.1) is 0 Å². The molecule has 0 heterocycles. The fourth-order valence-electron chi connectivity index (χ4n) is 4.91. The number of hydrogen-bond donors (Lipinski definition) is 0. The summed E-state index contributed by atoms with van der Waals surface area (Å²) in [5, 5.41) is 0. The lowest BCUT2D eigenvalue weighted by molar-refractivity contribution is -0.870. The van der Waals surface area contributed by atoms with Gasteiger partial charge in [-0.15, -0.1) is 0 Å². The highest BCUT2D eigenvalue weighted by Crippen LogP contribution is 2.38. The van der Waals surface area contributed by atoms with Gasteiger partial charge < -0.3 is 27.9 Å². The molecule has 2 unspecified atom stereocenters. The van der Waals surface area contributed by atoms with Gasteiger partial charge in [-0.05, 0) is 57.8 Å². The molecule has 52 heavy (non-hydrogen) atoms. The highest BCUT2D eigenvalue weighted by Gasteiger charge is 2.21. The summed E-state index contributed by atoms with van der Waals surface area (Å²) >= 11 is 0. The molecular formula is C42H74NO8P. The number of allylic oxidation sites excluding steroid dienone is 10. The van der Waals surface area contributed by atoms with Crippen LogP contribution in [0.4, 0.5) is 0 Å². The molecule has 0 saturated carbocycles. The first-order valence-electron chi connectivity index (χ1n) is 20.0. The van der Waals surface area contributed by atoms with Gasteiger partial charge in [0.2, 0.25) is 0 Å². The standard InChI is InChI=1S/C42H74NO8P/c1-6-8-10-12-13-14-15-16-17-18-19-20-21-22-23-24-25-26-27-28-29-31-33-35-42(45)51-40(38-48-41(44)34-32-30-11-9-7-2)39-50-52(46,47)49-37-36-43(3,4)5/h8,10,13-14,16-17,19-20,22-23,40H,6-7,9,11-12,15,18,21,24-39H2,1-5H3/b10-8-,14-13-,17-16-,20-19-,23-22-. The average Bonchev–Trinajstić information content (AvgIpc) is 3.09. The van der Waals surface area contributed by atoms with Crippen molar-refractivity contribution < 1.29 is 42.1 Å². The molecule has 0 aliphatic heterocycles. The number of esters is 2. The molecule has 0 saturated heterocycles. The number of phosphoric ester groups is 1. The van der Waals surface area contributed by atoms with E-state index in [1.54, 1.807) is 0 Å². The van der Waals surface area contributed by atoms with Crippen LogP contribution in [0.1, 0.15) is 142 Å². The maximum absolute atomic E-state index is 12.6. The Morgan fingerprint density at radius 3 is 1.63 bits per heavy atom. The van der Waals surface area contributed by atoms with Crippen LogP contribution in [0.25, 0.3) is 0 Å². The van der Waals surface area contributed by atoms with Crippen molar-refractivity contribution in [1.29, 1.82) is 0 Å². The Bertz CT molecular complexity index is 1080. The molecule has 0 aliphatic carbocycles. The first-order chi connectivity index (χ1) is 25.0. The minimum Gasteiger partial charge on any atom is -0.756 e. The zero-order valence-electron chi connectivity index (χ0n) is 33.5. The summed E-state index contributed by atoms with van der Waals surface area (Å²) in [5.74, 6) is -0.868. The summed E-state index contributed by atoms with van der Waals surface area (Å²) in [6, 6.07) is 0. The molecule has 0 bridgehead atoms. The molecule has 0 fully saturated rings. The first kappa shape index (κ1) is 49.7. The van der Waals surface area contributed by atoms with E-state index in [1.165, 1.54) is 19.3 Å². The minimum absolute atomic E-state index is 0.0357. The zero-order chi connectivity index (χ0) is 38.6. The van der Waals surface area contributed by atoms with E-state index in [-0.39, 0.29) is 26.1 Å². The van der Waals surface area contributed by atoms with Crippen molar-refractivity contribution in [2.75, 3.05) is 47.5 Å². The maximum atomic E-state index is 12.6. The number of unbranched alkanes of at least 4 members (excludes halogenated alkanes) is 11. The summed E-state index contributed by atoms with van der Waals surface area (Å²) in [7, 11) is 1.14. The molecule has 0 radical (unpaired) electrons. The Morgan fingerprint density at radius 2 is 1.10 bits per heavy atom. The number of ether oxygens (including phenoxy) is 2. The summed E-state index contributed by atoms with van der Waals surface area (Å²) < 4.78 is 33.6. The van der Waals surface area contributed by atoms with Crippen molar-refractivity contribution >= 4 is 19.8 Å². The first-order valence-corrected chi connectivity index (χ1v) is 21.5. The van der Waals surface area contributed by atoms with Crippen LogP contribution in [0.2, 0.25) is 0 Å². The van der Waals surface area contributed by atoms with Crippen LogP contribution in [0.15, 0.2) is 60.8 Å². The molecule has 0 spiro atoms. The molecule has 2 atom stereocenters. The van der Waals surface area contributed by atoms with E-state index < -0.39 is 32.5 Å². The smallest absolute Gasteiger partial charge is 0.306 e. The van der Waals surface area contributed by atoms with Gasteiger partial charge in [-0.3, -0.25) is 14.2 Å². The molecule has 9 nitrogen and oxygen atoms in total. The zero-order valence-corrected chi connectivity index (χ0v) is 34.4. The van der Waals surface area contributed by atoms with Crippen LogP contribution >= 0.6 is 7.82 Å². The molecule has 0 aromatic rings. The number of likely N-dealkylation sites (N-methyl/N-ethyl adjacent to an activating group) is 1. The van der Waals surface area contributed by atoms with E-state index in [9.17, 15) is 19.0 Å². The summed E-state index contributed by atoms with van der Waals surface area (Å²) in [6.45, 7) is 3.97. The van der Waals surface area contributed by atoms with Crippen LogP contribution < -0.4 is 4.89 Å². The Hall–Kier alpha value is -2.29. The molecule has 0 aromatic carbocycles. The van der Waals surface area contributed by atoms with Gasteiger partial charge in [-0.1, -0.05) is 132 Å². The van der Waals surface area contributed by atoms with Gasteiger partial charge in [-0.25, -0.2) is 0 Å². The summed E-state index contributed by atoms with van der Waals surface area (Å²) in [5.41, 5.74) is 0. The van der Waals surface area contributed by atoms with Gasteiger partial charge in [-0.2, -0.15) is 0 Å². The summed E-state index contributed by atoms with van der Waals surface area (Å²) in [6.07, 6.45) is 40.1. The molecule has 0 amide bonds. The van der Waals surface area contributed by atoms with E-state index in [0.717, 1.165) is 89.9 Å². The second-order valence-electron chi connectivity index (χ2n) is 14.3. The number of nitrogens with zero attached hydrogens (tertiary/aromatic N) is 1. The quantitative estimate of drug-likeness (QED) is 0.0207. The van der Waals surface area contributed by atoms with Crippen LogP contribution in [0.5, 0.6) is 0 Å². The SMILES string of the molecule is CC/C=C\C/C=C\C/C=C\C/C=C\C/C=C\CCCCCCCCCC(=O)OC(COC(=O)CCCCCCC)COP(=O)([O-])OCC[N+](C)(C)C. The predicted molar refractivity (Wildman–Crippen MR) is 213 cm³/mol. The lowest BCUT2D eigenvalue weighted by Crippen LogP contribution is -2.37. The van der Waals surface area contributed by atoms with Crippen LogP contribution in [-0.2, 0) is 32.7 Å². The normalized spacial score (nSPS) is 14.3. The second kappa shape index (κ2) is 34.5. The fraction of sp³-hybridized carbons (Fsp3) is 0.714. The predicted octanol–water partition coefficient (Wildman–Crippen LogP) is 10.3. The third-order valence-corrected chi connectivity index (χ3v) is 9.02.